The van der Waals surface area contributed by atoms with Crippen LogP contribution >= 0.6 is 11.3 Å². The number of hydrogen-bond donors (Lipinski definition) is 0. The molecule has 106 valence electrons. The summed E-state index contributed by atoms with van der Waals surface area (Å²) in [6.07, 6.45) is 1.57. The predicted octanol–water partition coefficient (Wildman–Crippen LogP) is 4.18. The zero-order chi connectivity index (χ0) is 14.7. The van der Waals surface area contributed by atoms with Gasteiger partial charge in [-0.2, -0.15) is 0 Å². The van der Waals surface area contributed by atoms with Crippen LogP contribution in [0.4, 0.5) is 0 Å². The molecule has 21 heavy (non-hydrogen) atoms. The van der Waals surface area contributed by atoms with Crippen LogP contribution in [0.3, 0.4) is 0 Å². The summed E-state index contributed by atoms with van der Waals surface area (Å²) >= 11 is 1.57. The van der Waals surface area contributed by atoms with Crippen LogP contribution in [0.15, 0.2) is 52.5 Å². The Hall–Kier alpha value is -2.40. The topological polar surface area (TPSA) is 52.3 Å². The fourth-order valence-corrected chi connectivity index (χ4v) is 2.58. The molecule has 1 aromatic carbocycles. The lowest BCUT2D eigenvalue weighted by Gasteiger charge is -2.07. The van der Waals surface area contributed by atoms with Gasteiger partial charge in [0.15, 0.2) is 5.78 Å². The lowest BCUT2D eigenvalue weighted by atomic mass is 10.1. The van der Waals surface area contributed by atoms with E-state index in [9.17, 15) is 4.79 Å². The monoisotopic (exact) mass is 299 g/mol. The Morgan fingerprint density at radius 2 is 2.14 bits per heavy atom. The molecule has 0 amide bonds. The first-order chi connectivity index (χ1) is 10.2. The summed E-state index contributed by atoms with van der Waals surface area (Å²) in [5, 5.41) is 1.97. The zero-order valence-electron chi connectivity index (χ0n) is 11.4. The molecule has 4 nitrogen and oxygen atoms in total. The number of hydrogen-bond acceptors (Lipinski definition) is 5. The van der Waals surface area contributed by atoms with Crippen molar-refractivity contribution in [1.29, 1.82) is 0 Å². The Labute approximate surface area is 126 Å². The third kappa shape index (κ3) is 3.03. The molecule has 5 heteroatoms. The SMILES string of the molecule is CC(=O)c1ccccc1OCc1coc(-c2cccs2)n1. The van der Waals surface area contributed by atoms with Crippen LogP contribution in [-0.4, -0.2) is 10.8 Å². The summed E-state index contributed by atoms with van der Waals surface area (Å²) in [5.74, 6) is 1.12. The second-order valence-electron chi connectivity index (χ2n) is 4.46. The molecular weight excluding hydrogens is 286 g/mol. The van der Waals surface area contributed by atoms with Gasteiger partial charge in [0.05, 0.1) is 10.4 Å². The minimum Gasteiger partial charge on any atom is -0.486 e. The van der Waals surface area contributed by atoms with E-state index >= 15 is 0 Å². The number of nitrogens with zero attached hydrogens (tertiary/aromatic N) is 1. The average Bonchev–Trinajstić information content (AvgIpc) is 3.16. The molecule has 0 saturated carbocycles. The molecule has 2 heterocycles. The summed E-state index contributed by atoms with van der Waals surface area (Å²) in [5.41, 5.74) is 1.26. The van der Waals surface area contributed by atoms with Crippen LogP contribution in [0.1, 0.15) is 23.0 Å². The number of para-hydroxylation sites is 1. The number of rotatable bonds is 5. The molecule has 0 saturated heterocycles. The van der Waals surface area contributed by atoms with Crippen molar-refractivity contribution in [3.8, 4) is 16.5 Å². The largest absolute Gasteiger partial charge is 0.486 e. The molecule has 0 radical (unpaired) electrons. The van der Waals surface area contributed by atoms with E-state index in [0.717, 1.165) is 4.88 Å². The molecule has 0 N–H and O–H groups in total. The van der Waals surface area contributed by atoms with Crippen LogP contribution in [0.2, 0.25) is 0 Å². The van der Waals surface area contributed by atoms with Gasteiger partial charge in [0, 0.05) is 0 Å². The molecule has 0 aliphatic carbocycles. The number of oxazole rings is 1. The number of ether oxygens (including phenoxy) is 1. The van der Waals surface area contributed by atoms with Crippen molar-refractivity contribution in [1.82, 2.24) is 4.98 Å². The highest BCUT2D eigenvalue weighted by Crippen LogP contribution is 2.24. The number of thiophene rings is 1. The van der Waals surface area contributed by atoms with Gasteiger partial charge < -0.3 is 9.15 Å². The Morgan fingerprint density at radius 3 is 2.90 bits per heavy atom. The molecule has 2 aromatic heterocycles. The van der Waals surface area contributed by atoms with Gasteiger partial charge >= 0.3 is 0 Å². The molecule has 3 aromatic rings. The van der Waals surface area contributed by atoms with E-state index in [-0.39, 0.29) is 12.4 Å². The molecule has 0 unspecified atom stereocenters. The normalized spacial score (nSPS) is 10.5. The Balaban J connectivity index is 1.73. The van der Waals surface area contributed by atoms with E-state index in [1.54, 1.807) is 29.7 Å². The Bertz CT molecular complexity index is 746. The van der Waals surface area contributed by atoms with Crippen molar-refractivity contribution in [3.05, 3.63) is 59.3 Å². The predicted molar refractivity (Wildman–Crippen MR) is 80.6 cm³/mol. The van der Waals surface area contributed by atoms with Crippen LogP contribution in [0, 0.1) is 0 Å². The minimum atomic E-state index is -0.0231. The highest BCUT2D eigenvalue weighted by atomic mass is 32.1. The first kappa shape index (κ1) is 13.6. The van der Waals surface area contributed by atoms with E-state index in [1.807, 2.05) is 29.6 Å². The highest BCUT2D eigenvalue weighted by molar-refractivity contribution is 7.13. The minimum absolute atomic E-state index is 0.0231. The van der Waals surface area contributed by atoms with Gasteiger partial charge in [0.2, 0.25) is 5.89 Å². The van der Waals surface area contributed by atoms with Gasteiger partial charge in [-0.15, -0.1) is 11.3 Å². The first-order valence-corrected chi connectivity index (χ1v) is 7.33. The number of Topliss-reactive ketones (excluding diaryl/α,β-unsaturated/α-hetero) is 1. The van der Waals surface area contributed by atoms with E-state index in [0.29, 0.717) is 22.9 Å². The Kier molecular flexibility index (Phi) is 3.83. The fraction of sp³-hybridized carbons (Fsp3) is 0.125. The van der Waals surface area contributed by atoms with Crippen LogP contribution in [0.25, 0.3) is 10.8 Å². The van der Waals surface area contributed by atoms with Crippen LogP contribution in [-0.2, 0) is 6.61 Å². The molecule has 0 fully saturated rings. The van der Waals surface area contributed by atoms with Crippen molar-refractivity contribution in [3.63, 3.8) is 0 Å². The van der Waals surface area contributed by atoms with Crippen LogP contribution in [0.5, 0.6) is 5.75 Å². The van der Waals surface area contributed by atoms with Crippen molar-refractivity contribution < 1.29 is 13.9 Å². The maximum Gasteiger partial charge on any atom is 0.236 e. The third-order valence-electron chi connectivity index (χ3n) is 2.93. The molecule has 3 rings (SSSR count). The Morgan fingerprint density at radius 1 is 1.29 bits per heavy atom. The van der Waals surface area contributed by atoms with Gasteiger partial charge in [0.25, 0.3) is 0 Å². The smallest absolute Gasteiger partial charge is 0.236 e. The second kappa shape index (κ2) is 5.93. The summed E-state index contributed by atoms with van der Waals surface area (Å²) in [4.78, 5) is 16.9. The summed E-state index contributed by atoms with van der Waals surface area (Å²) < 4.78 is 11.1. The molecule has 0 aliphatic rings. The average molecular weight is 299 g/mol. The molecule has 0 atom stereocenters. The van der Waals surface area contributed by atoms with Gasteiger partial charge in [-0.05, 0) is 30.5 Å². The summed E-state index contributed by atoms with van der Waals surface area (Å²) in [7, 11) is 0. The zero-order valence-corrected chi connectivity index (χ0v) is 12.2. The number of ketones is 1. The van der Waals surface area contributed by atoms with Gasteiger partial charge in [0.1, 0.15) is 24.3 Å². The van der Waals surface area contributed by atoms with Crippen LogP contribution < -0.4 is 4.74 Å². The summed E-state index contributed by atoms with van der Waals surface area (Å²) in [6.45, 7) is 1.78. The number of aromatic nitrogens is 1. The first-order valence-electron chi connectivity index (χ1n) is 6.45. The number of carbonyl (C=O) groups excluding carboxylic acids is 1. The van der Waals surface area contributed by atoms with Gasteiger partial charge in [-0.25, -0.2) is 4.98 Å². The summed E-state index contributed by atoms with van der Waals surface area (Å²) in [6, 6.07) is 11.1. The second-order valence-corrected chi connectivity index (χ2v) is 5.41. The van der Waals surface area contributed by atoms with Crippen molar-refractivity contribution in [2.24, 2.45) is 0 Å². The molecule has 0 spiro atoms. The molecule has 0 aliphatic heterocycles. The lowest BCUT2D eigenvalue weighted by molar-refractivity contribution is 0.101. The fourth-order valence-electron chi connectivity index (χ4n) is 1.92. The number of benzene rings is 1. The van der Waals surface area contributed by atoms with Crippen molar-refractivity contribution >= 4 is 17.1 Å². The quantitative estimate of drug-likeness (QED) is 0.663. The molecule has 0 bridgehead atoms. The van der Waals surface area contributed by atoms with Gasteiger partial charge in [-0.1, -0.05) is 18.2 Å². The van der Waals surface area contributed by atoms with Crippen molar-refractivity contribution in [2.75, 3.05) is 0 Å². The molecular formula is C16H13NO3S. The van der Waals surface area contributed by atoms with Gasteiger partial charge in [-0.3, -0.25) is 4.79 Å². The third-order valence-corrected chi connectivity index (χ3v) is 3.78. The highest BCUT2D eigenvalue weighted by Gasteiger charge is 2.10. The lowest BCUT2D eigenvalue weighted by Crippen LogP contribution is -2.01. The maximum absolute atomic E-state index is 11.5. The van der Waals surface area contributed by atoms with E-state index in [4.69, 9.17) is 9.15 Å². The standard InChI is InChI=1S/C16H13NO3S/c1-11(18)13-5-2-3-6-14(13)19-9-12-10-20-16(17-12)15-7-4-8-21-15/h2-8,10H,9H2,1H3. The maximum atomic E-state index is 11.5. The van der Waals surface area contributed by atoms with E-state index in [1.165, 1.54) is 6.92 Å². The number of carbonyl (C=O) groups is 1. The van der Waals surface area contributed by atoms with Crippen molar-refractivity contribution in [2.45, 2.75) is 13.5 Å². The van der Waals surface area contributed by atoms with E-state index in [2.05, 4.69) is 4.98 Å². The van der Waals surface area contributed by atoms with E-state index < -0.39 is 0 Å².